The van der Waals surface area contributed by atoms with Gasteiger partial charge in [-0.05, 0) is 55.0 Å². The Balaban J connectivity index is 1.89. The van der Waals surface area contributed by atoms with Crippen molar-refractivity contribution >= 4 is 40.4 Å². The SMILES string of the molecule is CC(=O)Nc1ccc(Nc2ncnc(Oc3ccc(Cl)c(C)c3)c2[N+](=O)[O-])cc1. The van der Waals surface area contributed by atoms with Gasteiger partial charge in [-0.15, -0.1) is 0 Å². The van der Waals surface area contributed by atoms with E-state index in [0.29, 0.717) is 22.1 Å². The lowest BCUT2D eigenvalue weighted by atomic mass is 10.2. The number of nitro groups is 1. The molecule has 0 saturated heterocycles. The molecule has 0 spiro atoms. The van der Waals surface area contributed by atoms with Crippen LogP contribution in [0.5, 0.6) is 11.6 Å². The number of hydrogen-bond acceptors (Lipinski definition) is 7. The number of halogens is 1. The lowest BCUT2D eigenvalue weighted by Gasteiger charge is -2.10. The van der Waals surface area contributed by atoms with Crippen LogP contribution in [0.3, 0.4) is 0 Å². The van der Waals surface area contributed by atoms with E-state index in [1.54, 1.807) is 49.4 Å². The summed E-state index contributed by atoms with van der Waals surface area (Å²) in [7, 11) is 0. The molecule has 1 aromatic heterocycles. The predicted octanol–water partition coefficient (Wildman–Crippen LogP) is 4.84. The summed E-state index contributed by atoms with van der Waals surface area (Å²) >= 11 is 6.00. The number of aromatic nitrogens is 2. The smallest absolute Gasteiger partial charge is 0.373 e. The molecule has 0 unspecified atom stereocenters. The Morgan fingerprint density at radius 3 is 2.45 bits per heavy atom. The van der Waals surface area contributed by atoms with Gasteiger partial charge in [-0.3, -0.25) is 14.9 Å². The summed E-state index contributed by atoms with van der Waals surface area (Å²) in [4.78, 5) is 30.0. The molecule has 0 fully saturated rings. The molecule has 0 atom stereocenters. The van der Waals surface area contributed by atoms with Gasteiger partial charge in [0, 0.05) is 23.3 Å². The van der Waals surface area contributed by atoms with E-state index in [1.807, 2.05) is 0 Å². The first-order valence-electron chi connectivity index (χ1n) is 8.41. The number of hydrogen-bond donors (Lipinski definition) is 2. The van der Waals surface area contributed by atoms with Crippen molar-refractivity contribution in [3.8, 4) is 11.6 Å². The molecule has 0 aliphatic rings. The van der Waals surface area contributed by atoms with E-state index < -0.39 is 10.6 Å². The van der Waals surface area contributed by atoms with Crippen molar-refractivity contribution in [1.29, 1.82) is 0 Å². The highest BCUT2D eigenvalue weighted by atomic mass is 35.5. The predicted molar refractivity (Wildman–Crippen MR) is 109 cm³/mol. The van der Waals surface area contributed by atoms with Gasteiger partial charge in [-0.1, -0.05) is 11.6 Å². The van der Waals surface area contributed by atoms with Gasteiger partial charge < -0.3 is 15.4 Å². The molecular weight excluding hydrogens is 398 g/mol. The zero-order valence-electron chi connectivity index (χ0n) is 15.5. The van der Waals surface area contributed by atoms with E-state index in [9.17, 15) is 14.9 Å². The lowest BCUT2D eigenvalue weighted by Crippen LogP contribution is -2.06. The Hall–Kier alpha value is -3.72. The first-order chi connectivity index (χ1) is 13.8. The quantitative estimate of drug-likeness (QED) is 0.438. The molecule has 0 aliphatic heterocycles. The number of carbonyl (C=O) groups is 1. The summed E-state index contributed by atoms with van der Waals surface area (Å²) < 4.78 is 5.61. The van der Waals surface area contributed by atoms with Crippen LogP contribution in [0.1, 0.15) is 12.5 Å². The Labute approximate surface area is 170 Å². The first kappa shape index (κ1) is 20.0. The molecule has 0 radical (unpaired) electrons. The molecule has 10 heteroatoms. The molecule has 2 N–H and O–H groups in total. The number of rotatable bonds is 6. The molecule has 3 aromatic rings. The fraction of sp³-hybridized carbons (Fsp3) is 0.105. The van der Waals surface area contributed by atoms with Gasteiger partial charge in [-0.2, -0.15) is 4.98 Å². The number of ether oxygens (including phenoxy) is 1. The van der Waals surface area contributed by atoms with Gasteiger partial charge in [-0.25, -0.2) is 4.98 Å². The van der Waals surface area contributed by atoms with Crippen LogP contribution in [0.2, 0.25) is 5.02 Å². The standard InChI is InChI=1S/C19H16ClN5O4/c1-11-9-15(7-8-16(11)20)29-19-17(25(27)28)18(21-10-22-19)24-14-5-3-13(4-6-14)23-12(2)26/h3-10H,1-2H3,(H,23,26)(H,21,22,24). The number of amides is 1. The molecule has 0 bridgehead atoms. The van der Waals surface area contributed by atoms with Crippen LogP contribution < -0.4 is 15.4 Å². The second kappa shape index (κ2) is 8.53. The Bertz CT molecular complexity index is 1070. The molecule has 1 heterocycles. The summed E-state index contributed by atoms with van der Waals surface area (Å²) in [6.07, 6.45) is 1.17. The van der Waals surface area contributed by atoms with Crippen molar-refractivity contribution in [1.82, 2.24) is 9.97 Å². The largest absolute Gasteiger partial charge is 0.434 e. The van der Waals surface area contributed by atoms with Gasteiger partial charge >= 0.3 is 11.6 Å². The van der Waals surface area contributed by atoms with Crippen LogP contribution in [-0.2, 0) is 4.79 Å². The van der Waals surface area contributed by atoms with Crippen LogP contribution in [0.4, 0.5) is 22.9 Å². The number of anilines is 3. The number of nitrogens with one attached hydrogen (secondary N) is 2. The maximum Gasteiger partial charge on any atom is 0.373 e. The molecule has 3 rings (SSSR count). The molecule has 29 heavy (non-hydrogen) atoms. The summed E-state index contributed by atoms with van der Waals surface area (Å²) in [6, 6.07) is 11.5. The Morgan fingerprint density at radius 1 is 1.14 bits per heavy atom. The highest BCUT2D eigenvalue weighted by Gasteiger charge is 2.25. The second-order valence-electron chi connectivity index (χ2n) is 6.03. The average Bonchev–Trinajstić information content (AvgIpc) is 2.66. The number of nitrogens with zero attached hydrogens (tertiary/aromatic N) is 3. The highest BCUT2D eigenvalue weighted by molar-refractivity contribution is 6.31. The minimum Gasteiger partial charge on any atom is -0.434 e. The third-order valence-corrected chi connectivity index (χ3v) is 4.21. The zero-order chi connectivity index (χ0) is 21.0. The minimum absolute atomic E-state index is 0.0297. The summed E-state index contributed by atoms with van der Waals surface area (Å²) in [5, 5.41) is 17.7. The van der Waals surface area contributed by atoms with Crippen LogP contribution in [0.25, 0.3) is 0 Å². The second-order valence-corrected chi connectivity index (χ2v) is 6.44. The van der Waals surface area contributed by atoms with E-state index in [-0.39, 0.29) is 17.6 Å². The molecule has 1 amide bonds. The summed E-state index contributed by atoms with van der Waals surface area (Å²) in [5.41, 5.74) is 1.49. The van der Waals surface area contributed by atoms with E-state index in [0.717, 1.165) is 5.56 Å². The van der Waals surface area contributed by atoms with Crippen molar-refractivity contribution in [2.75, 3.05) is 10.6 Å². The average molecular weight is 414 g/mol. The normalized spacial score (nSPS) is 10.3. The molecule has 9 nitrogen and oxygen atoms in total. The molecule has 2 aromatic carbocycles. The van der Waals surface area contributed by atoms with Crippen molar-refractivity contribution in [3.63, 3.8) is 0 Å². The van der Waals surface area contributed by atoms with Crippen molar-refractivity contribution in [2.45, 2.75) is 13.8 Å². The van der Waals surface area contributed by atoms with Crippen LogP contribution in [-0.4, -0.2) is 20.8 Å². The van der Waals surface area contributed by atoms with Crippen LogP contribution in [0.15, 0.2) is 48.8 Å². The molecule has 0 saturated carbocycles. The summed E-state index contributed by atoms with van der Waals surface area (Å²) in [5.74, 6) is -0.0715. The minimum atomic E-state index is -0.619. The summed E-state index contributed by atoms with van der Waals surface area (Å²) in [6.45, 7) is 3.20. The van der Waals surface area contributed by atoms with E-state index in [1.165, 1.54) is 13.3 Å². The number of aryl methyl sites for hydroxylation is 1. The first-order valence-corrected chi connectivity index (χ1v) is 8.79. The Kier molecular flexibility index (Phi) is 5.89. The number of benzene rings is 2. The maximum absolute atomic E-state index is 11.7. The zero-order valence-corrected chi connectivity index (χ0v) is 16.2. The molecule has 148 valence electrons. The maximum atomic E-state index is 11.7. The van der Waals surface area contributed by atoms with Gasteiger partial charge in [0.25, 0.3) is 0 Å². The Morgan fingerprint density at radius 2 is 1.83 bits per heavy atom. The lowest BCUT2D eigenvalue weighted by molar-refractivity contribution is -0.385. The van der Waals surface area contributed by atoms with Gasteiger partial charge in [0.15, 0.2) is 0 Å². The van der Waals surface area contributed by atoms with Crippen LogP contribution in [0, 0.1) is 17.0 Å². The highest BCUT2D eigenvalue weighted by Crippen LogP contribution is 2.36. The number of carbonyl (C=O) groups excluding carboxylic acids is 1. The van der Waals surface area contributed by atoms with Crippen LogP contribution >= 0.6 is 11.6 Å². The fourth-order valence-electron chi connectivity index (χ4n) is 2.46. The van der Waals surface area contributed by atoms with E-state index in [4.69, 9.17) is 16.3 Å². The van der Waals surface area contributed by atoms with Gasteiger partial charge in [0.2, 0.25) is 11.7 Å². The molecular formula is C19H16ClN5O4. The van der Waals surface area contributed by atoms with Gasteiger partial charge in [0.05, 0.1) is 4.92 Å². The van der Waals surface area contributed by atoms with E-state index >= 15 is 0 Å². The van der Waals surface area contributed by atoms with E-state index in [2.05, 4.69) is 20.6 Å². The fourth-order valence-corrected chi connectivity index (χ4v) is 2.58. The monoisotopic (exact) mass is 413 g/mol. The topological polar surface area (TPSA) is 119 Å². The van der Waals surface area contributed by atoms with Crippen molar-refractivity contribution < 1.29 is 14.5 Å². The van der Waals surface area contributed by atoms with Gasteiger partial charge in [0.1, 0.15) is 12.1 Å². The van der Waals surface area contributed by atoms with Crippen molar-refractivity contribution in [2.24, 2.45) is 0 Å². The van der Waals surface area contributed by atoms with Crippen molar-refractivity contribution in [3.05, 3.63) is 69.5 Å². The third-order valence-electron chi connectivity index (χ3n) is 3.78. The third kappa shape index (κ3) is 4.96. The molecule has 0 aliphatic carbocycles.